The van der Waals surface area contributed by atoms with E-state index in [-0.39, 0.29) is 47.7 Å². The minimum atomic E-state index is -5.08. The van der Waals surface area contributed by atoms with Gasteiger partial charge < -0.3 is 4.90 Å². The van der Waals surface area contributed by atoms with Gasteiger partial charge in [0, 0.05) is 25.2 Å². The molecule has 0 saturated carbocycles. The largest absolute Gasteiger partial charge is 0.416 e. The predicted molar refractivity (Wildman–Crippen MR) is 156 cm³/mol. The molecular formula is C32H33F9N6. The summed E-state index contributed by atoms with van der Waals surface area (Å²) < 4.78 is 124. The van der Waals surface area contributed by atoms with Crippen molar-refractivity contribution < 1.29 is 39.5 Å². The number of rotatable bonds is 9. The maximum Gasteiger partial charge on any atom is 0.416 e. The van der Waals surface area contributed by atoms with Crippen LogP contribution in [0, 0.1) is 5.92 Å². The third kappa shape index (κ3) is 7.99. The number of likely N-dealkylation sites (tertiary alicyclic amines) is 1. The molecule has 3 aromatic rings. The first kappa shape index (κ1) is 34.5. The summed E-state index contributed by atoms with van der Waals surface area (Å²) in [6, 6.07) is 4.44. The Bertz CT molecular complexity index is 1570. The molecule has 0 amide bonds. The molecule has 0 spiro atoms. The Morgan fingerprint density at radius 1 is 0.872 bits per heavy atom. The number of halogens is 9. The zero-order valence-corrected chi connectivity index (χ0v) is 25.5. The van der Waals surface area contributed by atoms with Crippen molar-refractivity contribution in [3.05, 3.63) is 94.1 Å². The van der Waals surface area contributed by atoms with E-state index in [4.69, 9.17) is 0 Å². The molecular weight excluding hydrogens is 639 g/mol. The molecule has 2 heterocycles. The number of alkyl halides is 9. The summed E-state index contributed by atoms with van der Waals surface area (Å²) in [6.45, 7) is 1.74. The van der Waals surface area contributed by atoms with Crippen LogP contribution in [0.4, 0.5) is 45.5 Å². The van der Waals surface area contributed by atoms with Gasteiger partial charge in [0.05, 0.1) is 23.7 Å². The van der Waals surface area contributed by atoms with E-state index in [1.54, 1.807) is 0 Å². The van der Waals surface area contributed by atoms with Crippen LogP contribution in [0.3, 0.4) is 0 Å². The average Bonchev–Trinajstić information content (AvgIpc) is 3.66. The second-order valence-electron chi connectivity index (χ2n) is 11.8. The Morgan fingerprint density at radius 2 is 1.55 bits per heavy atom. The lowest BCUT2D eigenvalue weighted by Crippen LogP contribution is -2.38. The smallest absolute Gasteiger partial charge is 0.330 e. The molecule has 0 bridgehead atoms. The van der Waals surface area contributed by atoms with E-state index in [2.05, 4.69) is 32.5 Å². The van der Waals surface area contributed by atoms with Crippen molar-refractivity contribution in [1.29, 1.82) is 0 Å². The molecule has 1 fully saturated rings. The summed E-state index contributed by atoms with van der Waals surface area (Å²) in [6.07, 6.45) is -3.51. The zero-order chi connectivity index (χ0) is 34.1. The van der Waals surface area contributed by atoms with Crippen LogP contribution >= 0.6 is 0 Å². The molecule has 2 aromatic carbocycles. The SMILES string of the molecule is CCC(c1ccc(C(F)(F)F)cc1CN(Cc1cc(C(F)(F)F)cc(C(F)(F)F)c1)c1nnn(C)n1)N1CCCC1C1C=CC=CC1. The highest BCUT2D eigenvalue weighted by Crippen LogP contribution is 2.41. The number of anilines is 1. The molecule has 5 rings (SSSR count). The van der Waals surface area contributed by atoms with Crippen molar-refractivity contribution in [2.45, 2.75) is 76.3 Å². The van der Waals surface area contributed by atoms with Crippen LogP contribution in [0.15, 0.2) is 60.7 Å². The van der Waals surface area contributed by atoms with Gasteiger partial charge in [0.1, 0.15) is 0 Å². The molecule has 1 aromatic heterocycles. The van der Waals surface area contributed by atoms with Gasteiger partial charge in [0.25, 0.3) is 5.95 Å². The van der Waals surface area contributed by atoms with Crippen LogP contribution in [0.5, 0.6) is 0 Å². The van der Waals surface area contributed by atoms with Crippen LogP contribution in [0.2, 0.25) is 0 Å². The van der Waals surface area contributed by atoms with Gasteiger partial charge >= 0.3 is 18.5 Å². The van der Waals surface area contributed by atoms with Crippen LogP contribution in [0.1, 0.15) is 72.0 Å². The molecule has 47 heavy (non-hydrogen) atoms. The van der Waals surface area contributed by atoms with E-state index in [1.165, 1.54) is 18.0 Å². The minimum absolute atomic E-state index is 0.0227. The maximum atomic E-state index is 14.0. The quantitative estimate of drug-likeness (QED) is 0.214. The molecule has 15 heteroatoms. The summed E-state index contributed by atoms with van der Waals surface area (Å²) in [4.78, 5) is 4.58. The van der Waals surface area contributed by atoms with Gasteiger partial charge in [-0.3, -0.25) is 4.90 Å². The van der Waals surface area contributed by atoms with Crippen molar-refractivity contribution in [2.24, 2.45) is 13.0 Å². The lowest BCUT2D eigenvalue weighted by atomic mass is 9.88. The van der Waals surface area contributed by atoms with Crippen molar-refractivity contribution in [1.82, 2.24) is 25.1 Å². The number of allylic oxidation sites excluding steroid dienone is 3. The minimum Gasteiger partial charge on any atom is -0.330 e. The Morgan fingerprint density at radius 3 is 2.11 bits per heavy atom. The van der Waals surface area contributed by atoms with E-state index in [0.29, 0.717) is 24.1 Å². The predicted octanol–water partition coefficient (Wildman–Crippen LogP) is 8.52. The number of nitrogens with zero attached hydrogens (tertiary/aromatic N) is 6. The van der Waals surface area contributed by atoms with Crippen LogP contribution in [0.25, 0.3) is 0 Å². The van der Waals surface area contributed by atoms with E-state index >= 15 is 0 Å². The third-order valence-electron chi connectivity index (χ3n) is 8.63. The van der Waals surface area contributed by atoms with Gasteiger partial charge in [0.15, 0.2) is 0 Å². The second kappa shape index (κ2) is 13.3. The molecule has 0 N–H and O–H groups in total. The number of aromatic nitrogens is 4. The molecule has 0 radical (unpaired) electrons. The molecule has 254 valence electrons. The fourth-order valence-corrected chi connectivity index (χ4v) is 6.56. The number of benzene rings is 2. The number of tetrazole rings is 1. The Balaban J connectivity index is 1.58. The molecule has 1 aliphatic heterocycles. The summed E-state index contributed by atoms with van der Waals surface area (Å²) in [7, 11) is 1.41. The highest BCUT2D eigenvalue weighted by Gasteiger charge is 2.39. The van der Waals surface area contributed by atoms with Crippen LogP contribution < -0.4 is 4.90 Å². The molecule has 2 aliphatic rings. The molecule has 3 atom stereocenters. The summed E-state index contributed by atoms with van der Waals surface area (Å²) in [5.41, 5.74) is -3.55. The van der Waals surface area contributed by atoms with Crippen LogP contribution in [-0.4, -0.2) is 37.7 Å². The summed E-state index contributed by atoms with van der Waals surface area (Å²) in [5, 5.41) is 11.7. The lowest BCUT2D eigenvalue weighted by molar-refractivity contribution is -0.143. The van der Waals surface area contributed by atoms with Gasteiger partial charge in [-0.15, -0.1) is 5.10 Å². The Hall–Kier alpha value is -3.88. The normalized spacial score (nSPS) is 19.8. The van der Waals surface area contributed by atoms with Gasteiger partial charge in [-0.25, -0.2) is 0 Å². The number of aryl methyl sites for hydroxylation is 1. The monoisotopic (exact) mass is 672 g/mol. The van der Waals surface area contributed by atoms with Gasteiger partial charge in [0.2, 0.25) is 0 Å². The van der Waals surface area contributed by atoms with Crippen molar-refractivity contribution in [3.8, 4) is 0 Å². The van der Waals surface area contributed by atoms with Crippen LogP contribution in [-0.2, 0) is 38.7 Å². The topological polar surface area (TPSA) is 50.1 Å². The molecule has 3 unspecified atom stereocenters. The summed E-state index contributed by atoms with van der Waals surface area (Å²) >= 11 is 0. The molecule has 1 saturated heterocycles. The maximum absolute atomic E-state index is 14.0. The highest BCUT2D eigenvalue weighted by molar-refractivity contribution is 5.42. The fraction of sp³-hybridized carbons (Fsp3) is 0.469. The van der Waals surface area contributed by atoms with Crippen molar-refractivity contribution in [3.63, 3.8) is 0 Å². The number of hydrogen-bond donors (Lipinski definition) is 0. The standard InChI is InChI=1S/C32H33F9N6/c1-3-27(47-13-7-10-28(47)21-8-5-4-6-9-21)26-12-11-23(30(33,34)35)16-22(26)19-46(29-42-44-45(2)43-29)18-20-14-24(31(36,37)38)17-25(15-20)32(39,40)41/h4-6,8,11-12,14-17,21,27-28H,3,7,9-10,13,18-19H2,1-2H3. The average molecular weight is 673 g/mol. The molecule has 6 nitrogen and oxygen atoms in total. The second-order valence-corrected chi connectivity index (χ2v) is 11.8. The van der Waals surface area contributed by atoms with E-state index in [1.807, 2.05) is 19.1 Å². The van der Waals surface area contributed by atoms with E-state index in [9.17, 15) is 39.5 Å². The Labute approximate surface area is 265 Å². The van der Waals surface area contributed by atoms with Crippen molar-refractivity contribution in [2.75, 3.05) is 11.4 Å². The number of hydrogen-bond acceptors (Lipinski definition) is 5. The first-order chi connectivity index (χ1) is 22.0. The van der Waals surface area contributed by atoms with Gasteiger partial charge in [-0.2, -0.15) is 44.3 Å². The zero-order valence-electron chi connectivity index (χ0n) is 25.5. The van der Waals surface area contributed by atoms with E-state index in [0.717, 1.165) is 42.7 Å². The lowest BCUT2D eigenvalue weighted by Gasteiger charge is -2.38. The summed E-state index contributed by atoms with van der Waals surface area (Å²) in [5.74, 6) is 0.0477. The third-order valence-corrected chi connectivity index (χ3v) is 8.63. The first-order valence-electron chi connectivity index (χ1n) is 15.1. The van der Waals surface area contributed by atoms with Gasteiger partial charge in [-0.05, 0) is 90.4 Å². The fourth-order valence-electron chi connectivity index (χ4n) is 6.56. The van der Waals surface area contributed by atoms with E-state index < -0.39 is 41.8 Å². The van der Waals surface area contributed by atoms with Crippen molar-refractivity contribution >= 4 is 5.95 Å². The molecule has 1 aliphatic carbocycles. The van der Waals surface area contributed by atoms with Gasteiger partial charge in [-0.1, -0.05) is 42.4 Å². The first-order valence-corrected chi connectivity index (χ1v) is 15.1. The Kier molecular flexibility index (Phi) is 9.76. The highest BCUT2D eigenvalue weighted by atomic mass is 19.4.